The highest BCUT2D eigenvalue weighted by atomic mass is 35.5. The summed E-state index contributed by atoms with van der Waals surface area (Å²) in [6.07, 6.45) is 6.48. The minimum absolute atomic E-state index is 0. The largest absolute Gasteiger partial charge is 0.496 e. The number of likely N-dealkylation sites (tertiary alicyclic amines) is 1. The molecule has 2 fully saturated rings. The smallest absolute Gasteiger partial charge is 0.222 e. The summed E-state index contributed by atoms with van der Waals surface area (Å²) in [4.78, 5) is 14.8. The number of benzene rings is 1. The number of hydrogen-bond acceptors (Lipinski definition) is 3. The van der Waals surface area contributed by atoms with Crippen molar-refractivity contribution in [3.8, 4) is 5.75 Å². The number of nitrogens with one attached hydrogen (secondary N) is 1. The Balaban J connectivity index is 0.00000261. The lowest BCUT2D eigenvalue weighted by atomic mass is 9.84. The third-order valence-corrected chi connectivity index (χ3v) is 6.30. The second kappa shape index (κ2) is 10.9. The van der Waals surface area contributed by atoms with Gasteiger partial charge in [0.15, 0.2) is 0 Å². The molecule has 0 aliphatic carbocycles. The van der Waals surface area contributed by atoms with Gasteiger partial charge >= 0.3 is 0 Å². The number of carbonyl (C=O) groups excluding carboxylic acids is 1. The van der Waals surface area contributed by atoms with Crippen molar-refractivity contribution in [3.05, 3.63) is 29.8 Å². The Labute approximate surface area is 170 Å². The molecule has 152 valence electrons. The van der Waals surface area contributed by atoms with E-state index in [1.807, 2.05) is 12.1 Å². The predicted octanol–water partition coefficient (Wildman–Crippen LogP) is 3.92. The molecule has 0 bridgehead atoms. The summed E-state index contributed by atoms with van der Waals surface area (Å²) in [5, 5.41) is 3.47. The van der Waals surface area contributed by atoms with Crippen LogP contribution in [0.1, 0.15) is 44.6 Å². The van der Waals surface area contributed by atoms with Crippen LogP contribution in [0.5, 0.6) is 5.75 Å². The summed E-state index contributed by atoms with van der Waals surface area (Å²) in [6.45, 7) is 6.29. The van der Waals surface area contributed by atoms with Crippen molar-refractivity contribution < 1.29 is 9.53 Å². The van der Waals surface area contributed by atoms with Crippen molar-refractivity contribution in [2.75, 3.05) is 33.3 Å². The van der Waals surface area contributed by atoms with Gasteiger partial charge in [-0.15, -0.1) is 12.4 Å². The highest BCUT2D eigenvalue weighted by molar-refractivity contribution is 5.85. The Kier molecular flexibility index (Phi) is 8.91. The van der Waals surface area contributed by atoms with Crippen LogP contribution in [-0.4, -0.2) is 44.1 Å². The van der Waals surface area contributed by atoms with Crippen LogP contribution in [0.15, 0.2) is 24.3 Å². The van der Waals surface area contributed by atoms with E-state index in [1.54, 1.807) is 7.11 Å². The lowest BCUT2D eigenvalue weighted by Gasteiger charge is -2.34. The van der Waals surface area contributed by atoms with Gasteiger partial charge in [0.2, 0.25) is 5.91 Å². The van der Waals surface area contributed by atoms with Gasteiger partial charge in [0.25, 0.3) is 0 Å². The number of methoxy groups -OCH3 is 1. The zero-order chi connectivity index (χ0) is 18.4. The normalized spacial score (nSPS) is 22.0. The van der Waals surface area contributed by atoms with E-state index in [4.69, 9.17) is 4.74 Å². The molecule has 1 N–H and O–H groups in total. The van der Waals surface area contributed by atoms with E-state index in [1.165, 1.54) is 18.4 Å². The predicted molar refractivity (Wildman–Crippen MR) is 113 cm³/mol. The van der Waals surface area contributed by atoms with Gasteiger partial charge in [0.1, 0.15) is 5.75 Å². The molecule has 4 nitrogen and oxygen atoms in total. The van der Waals surface area contributed by atoms with Crippen LogP contribution in [0, 0.1) is 17.8 Å². The molecule has 1 amide bonds. The van der Waals surface area contributed by atoms with Gasteiger partial charge in [-0.1, -0.05) is 25.1 Å². The van der Waals surface area contributed by atoms with E-state index in [2.05, 4.69) is 29.3 Å². The molecular weight excluding hydrogens is 360 g/mol. The maximum atomic E-state index is 12.7. The molecule has 2 aliphatic heterocycles. The Morgan fingerprint density at radius 1 is 1.26 bits per heavy atom. The fourth-order valence-corrected chi connectivity index (χ4v) is 4.50. The molecule has 0 aromatic heterocycles. The molecule has 2 aliphatic rings. The first kappa shape index (κ1) is 22.0. The number of halogens is 1. The molecule has 2 saturated heterocycles. The van der Waals surface area contributed by atoms with E-state index in [0.717, 1.165) is 51.2 Å². The van der Waals surface area contributed by atoms with Gasteiger partial charge in [0, 0.05) is 19.5 Å². The van der Waals surface area contributed by atoms with Crippen molar-refractivity contribution in [2.45, 2.75) is 45.4 Å². The van der Waals surface area contributed by atoms with E-state index in [0.29, 0.717) is 30.1 Å². The lowest BCUT2D eigenvalue weighted by molar-refractivity contribution is -0.133. The molecule has 27 heavy (non-hydrogen) atoms. The maximum Gasteiger partial charge on any atom is 0.222 e. The van der Waals surface area contributed by atoms with E-state index in [-0.39, 0.29) is 12.4 Å². The number of para-hydroxylation sites is 1. The van der Waals surface area contributed by atoms with Crippen LogP contribution in [-0.2, 0) is 11.2 Å². The second-order valence-electron chi connectivity index (χ2n) is 8.13. The third kappa shape index (κ3) is 6.11. The molecule has 5 heteroatoms. The van der Waals surface area contributed by atoms with Crippen LogP contribution in [0.3, 0.4) is 0 Å². The maximum absolute atomic E-state index is 12.7. The molecule has 1 aromatic rings. The number of carbonyl (C=O) groups is 1. The van der Waals surface area contributed by atoms with Crippen molar-refractivity contribution in [1.29, 1.82) is 0 Å². The van der Waals surface area contributed by atoms with Crippen LogP contribution in [0.25, 0.3) is 0 Å². The lowest BCUT2D eigenvalue weighted by Crippen LogP contribution is -2.41. The van der Waals surface area contributed by atoms with Gasteiger partial charge < -0.3 is 15.0 Å². The van der Waals surface area contributed by atoms with Gasteiger partial charge in [0.05, 0.1) is 7.11 Å². The Bertz CT molecular complexity index is 581. The highest BCUT2D eigenvalue weighted by Crippen LogP contribution is 2.28. The highest BCUT2D eigenvalue weighted by Gasteiger charge is 2.27. The number of ether oxygens (including phenoxy) is 1. The molecule has 3 rings (SSSR count). The minimum Gasteiger partial charge on any atom is -0.496 e. The zero-order valence-electron chi connectivity index (χ0n) is 16.8. The van der Waals surface area contributed by atoms with Crippen molar-refractivity contribution in [2.24, 2.45) is 17.8 Å². The van der Waals surface area contributed by atoms with Crippen molar-refractivity contribution >= 4 is 18.3 Å². The van der Waals surface area contributed by atoms with Crippen LogP contribution in [0.2, 0.25) is 0 Å². The second-order valence-corrected chi connectivity index (χ2v) is 8.13. The van der Waals surface area contributed by atoms with Crippen LogP contribution in [0.4, 0.5) is 0 Å². The Morgan fingerprint density at radius 2 is 2.00 bits per heavy atom. The molecular formula is C22H35ClN2O2. The summed E-state index contributed by atoms with van der Waals surface area (Å²) < 4.78 is 5.48. The van der Waals surface area contributed by atoms with Gasteiger partial charge in [-0.25, -0.2) is 0 Å². The van der Waals surface area contributed by atoms with Crippen LogP contribution >= 0.6 is 12.4 Å². The fourth-order valence-electron chi connectivity index (χ4n) is 4.50. The zero-order valence-corrected chi connectivity index (χ0v) is 17.6. The summed E-state index contributed by atoms with van der Waals surface area (Å²) in [7, 11) is 1.74. The number of piperidine rings is 2. The van der Waals surface area contributed by atoms with Crippen molar-refractivity contribution in [1.82, 2.24) is 10.2 Å². The topological polar surface area (TPSA) is 41.6 Å². The summed E-state index contributed by atoms with van der Waals surface area (Å²) in [6, 6.07) is 8.30. The average molecular weight is 395 g/mol. The molecule has 2 atom stereocenters. The molecule has 2 heterocycles. The first-order chi connectivity index (χ1) is 12.7. The quantitative estimate of drug-likeness (QED) is 0.794. The molecule has 0 spiro atoms. The van der Waals surface area contributed by atoms with E-state index in [9.17, 15) is 4.79 Å². The first-order valence-electron chi connectivity index (χ1n) is 10.3. The SMILES string of the molecule is COc1ccccc1CC1CCN(C(=O)CC(C)C2CCCNC2)CC1.Cl. The minimum atomic E-state index is 0. The first-order valence-corrected chi connectivity index (χ1v) is 10.3. The van der Waals surface area contributed by atoms with E-state index < -0.39 is 0 Å². The summed E-state index contributed by atoms with van der Waals surface area (Å²) in [5.41, 5.74) is 1.29. The molecule has 0 saturated carbocycles. The standard InChI is InChI=1S/C22H34N2O2.ClH/c1-17(20-7-5-11-23-16-20)14-22(25)24-12-9-18(10-13-24)15-19-6-3-4-8-21(19)26-2;/h3-4,6,8,17-18,20,23H,5,7,9-16H2,1-2H3;1H. The number of hydrogen-bond donors (Lipinski definition) is 1. The van der Waals surface area contributed by atoms with Crippen molar-refractivity contribution in [3.63, 3.8) is 0 Å². The molecule has 1 aromatic carbocycles. The van der Waals surface area contributed by atoms with Crippen LogP contribution < -0.4 is 10.1 Å². The number of rotatable bonds is 6. The number of nitrogens with zero attached hydrogens (tertiary/aromatic N) is 1. The van der Waals surface area contributed by atoms with Gasteiger partial charge in [-0.05, 0) is 74.6 Å². The van der Waals surface area contributed by atoms with Gasteiger partial charge in [-0.2, -0.15) is 0 Å². The van der Waals surface area contributed by atoms with E-state index >= 15 is 0 Å². The Hall–Kier alpha value is -1.26. The summed E-state index contributed by atoms with van der Waals surface area (Å²) >= 11 is 0. The number of amides is 1. The fraction of sp³-hybridized carbons (Fsp3) is 0.682. The monoisotopic (exact) mass is 394 g/mol. The molecule has 2 unspecified atom stereocenters. The molecule has 0 radical (unpaired) electrons. The van der Waals surface area contributed by atoms with Gasteiger partial charge in [-0.3, -0.25) is 4.79 Å². The third-order valence-electron chi connectivity index (χ3n) is 6.30. The average Bonchev–Trinajstić information content (AvgIpc) is 2.69. The Morgan fingerprint density at radius 3 is 2.67 bits per heavy atom. The summed E-state index contributed by atoms with van der Waals surface area (Å²) in [5.74, 6) is 3.15.